The lowest BCUT2D eigenvalue weighted by Gasteiger charge is -2.34. The van der Waals surface area contributed by atoms with Gasteiger partial charge in [-0.05, 0) is 23.8 Å². The number of aromatic amines is 1. The number of nitrogens with one attached hydrogen (secondary N) is 1. The topological polar surface area (TPSA) is 99.5 Å². The van der Waals surface area contributed by atoms with Gasteiger partial charge in [0.2, 0.25) is 0 Å². The number of hydrogen-bond donors (Lipinski definition) is 2. The van der Waals surface area contributed by atoms with Gasteiger partial charge in [0.1, 0.15) is 0 Å². The Morgan fingerprint density at radius 1 is 1.47 bits per heavy atom. The molecule has 1 amide bonds. The molecule has 2 unspecified atom stereocenters. The predicted molar refractivity (Wildman–Crippen MR) is 67.8 cm³/mol. The van der Waals surface area contributed by atoms with Crippen molar-refractivity contribution in [3.8, 4) is 0 Å². The Bertz CT molecular complexity index is 485. The van der Waals surface area contributed by atoms with Gasteiger partial charge >= 0.3 is 5.82 Å². The molecule has 7 nitrogen and oxygen atoms in total. The van der Waals surface area contributed by atoms with Gasteiger partial charge in [-0.25, -0.2) is 4.98 Å². The second-order valence-corrected chi connectivity index (χ2v) is 4.85. The van der Waals surface area contributed by atoms with Crippen LogP contribution in [0, 0.1) is 10.1 Å². The third-order valence-electron chi connectivity index (χ3n) is 3.61. The second-order valence-electron chi connectivity index (χ2n) is 4.85. The van der Waals surface area contributed by atoms with E-state index in [2.05, 4.69) is 4.98 Å². The van der Waals surface area contributed by atoms with E-state index in [0.29, 0.717) is 6.42 Å². The summed E-state index contributed by atoms with van der Waals surface area (Å²) in [6, 6.07) is 2.44. The first-order valence-electron chi connectivity index (χ1n) is 6.29. The number of carbonyl (C=O) groups excluding carboxylic acids is 1. The van der Waals surface area contributed by atoms with Crippen molar-refractivity contribution in [2.24, 2.45) is 0 Å². The molecule has 1 heterocycles. The molecular weight excluding hydrogens is 250 g/mol. The summed E-state index contributed by atoms with van der Waals surface area (Å²) in [5.41, 5.74) is 0.173. The van der Waals surface area contributed by atoms with Gasteiger partial charge in [-0.15, -0.1) is 0 Å². The quantitative estimate of drug-likeness (QED) is 0.636. The van der Waals surface area contributed by atoms with Crippen LogP contribution in [-0.4, -0.2) is 45.0 Å². The molecular formula is C12H17N3O4. The van der Waals surface area contributed by atoms with Crippen LogP contribution in [0.2, 0.25) is 0 Å². The normalized spacial score (nSPS) is 23.1. The summed E-state index contributed by atoms with van der Waals surface area (Å²) in [4.78, 5) is 26.1. The van der Waals surface area contributed by atoms with Gasteiger partial charge in [0, 0.05) is 13.1 Å². The van der Waals surface area contributed by atoms with E-state index in [-0.39, 0.29) is 23.5 Å². The van der Waals surface area contributed by atoms with Gasteiger partial charge in [0.15, 0.2) is 5.69 Å². The number of nitro groups is 1. The first kappa shape index (κ1) is 13.5. The molecule has 0 bridgehead atoms. The highest BCUT2D eigenvalue weighted by Crippen LogP contribution is 2.23. The maximum atomic E-state index is 12.2. The highest BCUT2D eigenvalue weighted by molar-refractivity contribution is 5.93. The summed E-state index contributed by atoms with van der Waals surface area (Å²) in [7, 11) is 1.62. The van der Waals surface area contributed by atoms with Gasteiger partial charge in [-0.2, -0.15) is 0 Å². The van der Waals surface area contributed by atoms with Crippen LogP contribution in [0.5, 0.6) is 0 Å². The Balaban J connectivity index is 2.11. The maximum absolute atomic E-state index is 12.2. The largest absolute Gasteiger partial charge is 0.391 e. The van der Waals surface area contributed by atoms with Gasteiger partial charge in [0.25, 0.3) is 5.91 Å². The number of H-pyrrole nitrogens is 1. The Kier molecular flexibility index (Phi) is 3.84. The third-order valence-corrected chi connectivity index (χ3v) is 3.61. The zero-order chi connectivity index (χ0) is 14.0. The second kappa shape index (κ2) is 5.40. The first-order chi connectivity index (χ1) is 9.00. The fourth-order valence-corrected chi connectivity index (χ4v) is 2.50. The average Bonchev–Trinajstić information content (AvgIpc) is 2.87. The monoisotopic (exact) mass is 267 g/mol. The minimum absolute atomic E-state index is 0.173. The zero-order valence-corrected chi connectivity index (χ0v) is 10.7. The van der Waals surface area contributed by atoms with Crippen molar-refractivity contribution in [3.05, 3.63) is 27.9 Å². The first-order valence-corrected chi connectivity index (χ1v) is 6.29. The molecule has 1 aliphatic rings. The Labute approximate surface area is 110 Å². The molecule has 19 heavy (non-hydrogen) atoms. The molecule has 1 aromatic rings. The molecule has 1 fully saturated rings. The lowest BCUT2D eigenvalue weighted by atomic mass is 9.91. The molecule has 1 aromatic heterocycles. The van der Waals surface area contributed by atoms with Gasteiger partial charge in [-0.3, -0.25) is 4.79 Å². The van der Waals surface area contributed by atoms with Crippen molar-refractivity contribution in [3.63, 3.8) is 0 Å². The van der Waals surface area contributed by atoms with Crippen LogP contribution in [0.1, 0.15) is 36.2 Å². The molecule has 0 aliphatic heterocycles. The summed E-state index contributed by atoms with van der Waals surface area (Å²) in [5.74, 6) is -0.542. The van der Waals surface area contributed by atoms with Crippen LogP contribution >= 0.6 is 0 Å². The van der Waals surface area contributed by atoms with E-state index >= 15 is 0 Å². The van der Waals surface area contributed by atoms with Gasteiger partial charge in [-0.1, -0.05) is 12.8 Å². The molecule has 2 N–H and O–H groups in total. The SMILES string of the molecule is CN(C(=O)c1ccc([N+](=O)[O-])[nH]1)C1CCCCC1O. The van der Waals surface area contributed by atoms with Crippen LogP contribution in [0.3, 0.4) is 0 Å². The van der Waals surface area contributed by atoms with E-state index in [9.17, 15) is 20.0 Å². The summed E-state index contributed by atoms with van der Waals surface area (Å²) < 4.78 is 0. The molecule has 0 aromatic carbocycles. The van der Waals surface area contributed by atoms with Gasteiger partial charge in [0.05, 0.1) is 12.1 Å². The van der Waals surface area contributed by atoms with E-state index < -0.39 is 11.0 Å². The Morgan fingerprint density at radius 2 is 2.16 bits per heavy atom. The molecule has 2 rings (SSSR count). The number of carbonyl (C=O) groups is 1. The lowest BCUT2D eigenvalue weighted by Crippen LogP contribution is -2.46. The number of hydrogen-bond acceptors (Lipinski definition) is 4. The van der Waals surface area contributed by atoms with E-state index in [1.54, 1.807) is 7.05 Å². The van der Waals surface area contributed by atoms with E-state index in [4.69, 9.17) is 0 Å². The highest BCUT2D eigenvalue weighted by Gasteiger charge is 2.31. The van der Waals surface area contributed by atoms with Crippen molar-refractivity contribution >= 4 is 11.7 Å². The minimum atomic E-state index is -0.577. The zero-order valence-electron chi connectivity index (χ0n) is 10.7. The number of aliphatic hydroxyl groups is 1. The average molecular weight is 267 g/mol. The van der Waals surface area contributed by atoms with Crippen molar-refractivity contribution < 1.29 is 14.8 Å². The summed E-state index contributed by atoms with van der Waals surface area (Å²) in [6.45, 7) is 0. The van der Waals surface area contributed by atoms with Crippen LogP contribution < -0.4 is 0 Å². The van der Waals surface area contributed by atoms with Crippen LogP contribution in [-0.2, 0) is 0 Å². The molecule has 2 atom stereocenters. The maximum Gasteiger partial charge on any atom is 0.321 e. The van der Waals surface area contributed by atoms with Crippen LogP contribution in [0.25, 0.3) is 0 Å². The van der Waals surface area contributed by atoms with Crippen molar-refractivity contribution in [2.45, 2.75) is 37.8 Å². The number of aromatic nitrogens is 1. The Morgan fingerprint density at radius 3 is 2.74 bits per heavy atom. The smallest absolute Gasteiger partial charge is 0.321 e. The van der Waals surface area contributed by atoms with E-state index in [1.807, 2.05) is 0 Å². The van der Waals surface area contributed by atoms with Crippen LogP contribution in [0.15, 0.2) is 12.1 Å². The lowest BCUT2D eigenvalue weighted by molar-refractivity contribution is -0.389. The van der Waals surface area contributed by atoms with Crippen molar-refractivity contribution in [1.82, 2.24) is 9.88 Å². The van der Waals surface area contributed by atoms with E-state index in [0.717, 1.165) is 19.3 Å². The Hall–Kier alpha value is -1.89. The summed E-state index contributed by atoms with van der Waals surface area (Å²) in [6.07, 6.45) is 2.87. The van der Waals surface area contributed by atoms with Crippen LogP contribution in [0.4, 0.5) is 5.82 Å². The molecule has 1 aliphatic carbocycles. The number of rotatable bonds is 3. The standard InChI is InChI=1S/C12H17N3O4/c1-14(9-4-2-3-5-10(9)16)12(17)8-6-7-11(13-8)15(18)19/h6-7,9-10,13,16H,2-5H2,1H3. The fourth-order valence-electron chi connectivity index (χ4n) is 2.50. The van der Waals surface area contributed by atoms with E-state index in [1.165, 1.54) is 17.0 Å². The highest BCUT2D eigenvalue weighted by atomic mass is 16.6. The molecule has 0 saturated heterocycles. The molecule has 104 valence electrons. The summed E-state index contributed by atoms with van der Waals surface area (Å²) in [5, 5.41) is 20.5. The fraction of sp³-hybridized carbons (Fsp3) is 0.583. The third kappa shape index (κ3) is 2.76. The summed E-state index contributed by atoms with van der Waals surface area (Å²) >= 11 is 0. The van der Waals surface area contributed by atoms with Gasteiger partial charge < -0.3 is 20.1 Å². The van der Waals surface area contributed by atoms with Crippen molar-refractivity contribution in [2.75, 3.05) is 7.05 Å². The molecule has 1 saturated carbocycles. The number of nitrogens with zero attached hydrogens (tertiary/aromatic N) is 2. The molecule has 0 spiro atoms. The molecule has 7 heteroatoms. The number of aliphatic hydroxyl groups excluding tert-OH is 1. The number of amides is 1. The minimum Gasteiger partial charge on any atom is -0.391 e. The molecule has 0 radical (unpaired) electrons. The van der Waals surface area contributed by atoms with Crippen molar-refractivity contribution in [1.29, 1.82) is 0 Å². The number of likely N-dealkylation sites (N-methyl/N-ethyl adjacent to an activating group) is 1. The predicted octanol–water partition coefficient (Wildman–Crippen LogP) is 1.30.